The Balaban J connectivity index is 0.00000208. The highest BCUT2D eigenvalue weighted by atomic mass is 35.5. The van der Waals surface area contributed by atoms with Crippen LogP contribution in [0.5, 0.6) is 0 Å². The van der Waals surface area contributed by atoms with Gasteiger partial charge in [-0.25, -0.2) is 9.18 Å². The zero-order chi connectivity index (χ0) is 16.4. The number of halogens is 2. The van der Waals surface area contributed by atoms with E-state index in [1.54, 1.807) is 6.92 Å². The monoisotopic (exact) mass is 347 g/mol. The van der Waals surface area contributed by atoms with Gasteiger partial charge in [-0.15, -0.1) is 12.4 Å². The molecule has 0 heterocycles. The van der Waals surface area contributed by atoms with Crippen molar-refractivity contribution >= 4 is 39.9 Å². The van der Waals surface area contributed by atoms with Crippen LogP contribution in [0.25, 0.3) is 21.5 Å². The molecule has 0 aromatic heterocycles. The molecule has 0 bridgehead atoms. The molecule has 0 amide bonds. The standard InChI is InChI=1S/C19H18FNO2.ClH/c1-2-23-19(22)17(20)18(21)16-14-9-5-3-7-12(14)11-13-8-4-6-10-15(13)16;/h3-11,17-18H,2,21H2,1H3;1H/t17?,18-;/m1./s1. The average Bonchev–Trinajstić information content (AvgIpc) is 2.58. The minimum Gasteiger partial charge on any atom is -0.464 e. The number of fused-ring (bicyclic) bond motifs is 2. The number of esters is 1. The van der Waals surface area contributed by atoms with Crippen LogP contribution in [-0.4, -0.2) is 18.7 Å². The second-order valence-corrected chi connectivity index (χ2v) is 5.41. The van der Waals surface area contributed by atoms with Crippen molar-refractivity contribution in [3.8, 4) is 0 Å². The fourth-order valence-corrected chi connectivity index (χ4v) is 2.92. The molecule has 24 heavy (non-hydrogen) atoms. The molecular formula is C19H19ClFNO2. The summed E-state index contributed by atoms with van der Waals surface area (Å²) >= 11 is 0. The molecule has 0 radical (unpaired) electrons. The van der Waals surface area contributed by atoms with Crippen LogP contribution < -0.4 is 5.73 Å². The summed E-state index contributed by atoms with van der Waals surface area (Å²) in [6, 6.07) is 16.3. The SMILES string of the molecule is CCOC(=O)C(F)[C@H](N)c1c2ccccc2cc2ccccc12.Cl. The van der Waals surface area contributed by atoms with Crippen LogP contribution in [0.15, 0.2) is 54.6 Å². The van der Waals surface area contributed by atoms with Crippen LogP contribution in [0.2, 0.25) is 0 Å². The lowest BCUT2D eigenvalue weighted by atomic mass is 9.90. The first-order valence-electron chi connectivity index (χ1n) is 7.60. The second-order valence-electron chi connectivity index (χ2n) is 5.41. The molecule has 0 aliphatic heterocycles. The molecule has 3 nitrogen and oxygen atoms in total. The van der Waals surface area contributed by atoms with Gasteiger partial charge >= 0.3 is 5.97 Å². The van der Waals surface area contributed by atoms with Gasteiger partial charge in [-0.3, -0.25) is 0 Å². The van der Waals surface area contributed by atoms with Gasteiger partial charge in [0.2, 0.25) is 6.17 Å². The van der Waals surface area contributed by atoms with Gasteiger partial charge in [-0.05, 0) is 40.1 Å². The van der Waals surface area contributed by atoms with Gasteiger partial charge in [0, 0.05) is 0 Å². The Bertz CT molecular complexity index is 814. The first-order chi connectivity index (χ1) is 11.1. The number of ether oxygens (including phenoxy) is 1. The second kappa shape index (κ2) is 7.60. The largest absolute Gasteiger partial charge is 0.464 e. The highest BCUT2D eigenvalue weighted by Crippen LogP contribution is 2.34. The predicted molar refractivity (Wildman–Crippen MR) is 97.2 cm³/mol. The summed E-state index contributed by atoms with van der Waals surface area (Å²) in [5, 5.41) is 3.64. The fourth-order valence-electron chi connectivity index (χ4n) is 2.92. The summed E-state index contributed by atoms with van der Waals surface area (Å²) in [4.78, 5) is 11.8. The highest BCUT2D eigenvalue weighted by Gasteiger charge is 2.30. The van der Waals surface area contributed by atoms with E-state index in [-0.39, 0.29) is 19.0 Å². The molecule has 0 aliphatic carbocycles. The Kier molecular flexibility index (Phi) is 5.75. The third kappa shape index (κ3) is 3.21. The van der Waals surface area contributed by atoms with Crippen LogP contribution in [-0.2, 0) is 9.53 Å². The number of hydrogen-bond donors (Lipinski definition) is 1. The number of carbonyl (C=O) groups excluding carboxylic acids is 1. The maximum Gasteiger partial charge on any atom is 0.342 e. The van der Waals surface area contributed by atoms with E-state index in [2.05, 4.69) is 0 Å². The third-order valence-electron chi connectivity index (χ3n) is 3.97. The quantitative estimate of drug-likeness (QED) is 0.565. The van der Waals surface area contributed by atoms with Crippen LogP contribution in [0.4, 0.5) is 4.39 Å². The molecule has 0 fully saturated rings. The van der Waals surface area contributed by atoms with Crippen molar-refractivity contribution in [1.82, 2.24) is 0 Å². The Labute approximate surface area is 146 Å². The molecule has 0 saturated heterocycles. The number of alkyl halides is 1. The van der Waals surface area contributed by atoms with Crippen molar-refractivity contribution in [2.45, 2.75) is 19.1 Å². The Hall–Kier alpha value is -2.17. The summed E-state index contributed by atoms with van der Waals surface area (Å²) < 4.78 is 19.3. The van der Waals surface area contributed by atoms with E-state index in [1.807, 2.05) is 54.6 Å². The molecule has 2 atom stereocenters. The number of rotatable bonds is 4. The lowest BCUT2D eigenvalue weighted by Gasteiger charge is -2.20. The van der Waals surface area contributed by atoms with Gasteiger partial charge in [-0.2, -0.15) is 0 Å². The average molecular weight is 348 g/mol. The Morgan fingerprint density at radius 1 is 1.08 bits per heavy atom. The number of carbonyl (C=O) groups is 1. The van der Waals surface area contributed by atoms with Gasteiger partial charge in [-0.1, -0.05) is 48.5 Å². The molecule has 0 spiro atoms. The van der Waals surface area contributed by atoms with Crippen LogP contribution >= 0.6 is 12.4 Å². The van der Waals surface area contributed by atoms with E-state index in [0.29, 0.717) is 5.56 Å². The van der Waals surface area contributed by atoms with Crippen molar-refractivity contribution in [2.75, 3.05) is 6.61 Å². The fraction of sp³-hybridized carbons (Fsp3) is 0.211. The summed E-state index contributed by atoms with van der Waals surface area (Å²) in [5.74, 6) is -0.919. The van der Waals surface area contributed by atoms with Crippen LogP contribution in [0, 0.1) is 0 Å². The summed E-state index contributed by atoms with van der Waals surface area (Å²) in [7, 11) is 0. The summed E-state index contributed by atoms with van der Waals surface area (Å²) in [5.41, 5.74) is 6.76. The molecule has 3 aromatic rings. The number of nitrogens with two attached hydrogens (primary N) is 1. The van der Waals surface area contributed by atoms with E-state index in [4.69, 9.17) is 10.5 Å². The van der Waals surface area contributed by atoms with Gasteiger partial charge in [0.05, 0.1) is 12.6 Å². The van der Waals surface area contributed by atoms with E-state index in [1.165, 1.54) is 0 Å². The maximum atomic E-state index is 14.5. The first-order valence-corrected chi connectivity index (χ1v) is 7.60. The van der Waals surface area contributed by atoms with Crippen LogP contribution in [0.3, 0.4) is 0 Å². The van der Waals surface area contributed by atoms with E-state index in [9.17, 15) is 9.18 Å². The zero-order valence-corrected chi connectivity index (χ0v) is 14.1. The van der Waals surface area contributed by atoms with Crippen molar-refractivity contribution in [2.24, 2.45) is 5.73 Å². The number of benzene rings is 3. The van der Waals surface area contributed by atoms with Gasteiger partial charge in [0.25, 0.3) is 0 Å². The van der Waals surface area contributed by atoms with Gasteiger partial charge in [0.1, 0.15) is 0 Å². The third-order valence-corrected chi connectivity index (χ3v) is 3.97. The molecule has 0 aliphatic rings. The Morgan fingerprint density at radius 3 is 2.08 bits per heavy atom. The highest BCUT2D eigenvalue weighted by molar-refractivity contribution is 6.03. The first kappa shape index (κ1) is 18.2. The van der Waals surface area contributed by atoms with E-state index >= 15 is 0 Å². The minimum atomic E-state index is -1.90. The molecule has 126 valence electrons. The summed E-state index contributed by atoms with van der Waals surface area (Å²) in [6.07, 6.45) is -1.90. The predicted octanol–water partition coefficient (Wildman–Crippen LogP) is 4.32. The maximum absolute atomic E-state index is 14.5. The number of hydrogen-bond acceptors (Lipinski definition) is 3. The minimum absolute atomic E-state index is 0. The molecule has 3 aromatic carbocycles. The van der Waals surface area contributed by atoms with Gasteiger partial charge in [0.15, 0.2) is 0 Å². The lowest BCUT2D eigenvalue weighted by molar-refractivity contribution is -0.149. The van der Waals surface area contributed by atoms with E-state index in [0.717, 1.165) is 21.5 Å². The van der Waals surface area contributed by atoms with E-state index < -0.39 is 18.2 Å². The van der Waals surface area contributed by atoms with Crippen LogP contribution in [0.1, 0.15) is 18.5 Å². The van der Waals surface area contributed by atoms with Crippen molar-refractivity contribution in [3.05, 3.63) is 60.2 Å². The molecular weight excluding hydrogens is 329 g/mol. The van der Waals surface area contributed by atoms with Crippen molar-refractivity contribution in [3.63, 3.8) is 0 Å². The molecule has 5 heteroatoms. The topological polar surface area (TPSA) is 52.3 Å². The molecule has 1 unspecified atom stereocenters. The zero-order valence-electron chi connectivity index (χ0n) is 13.2. The summed E-state index contributed by atoms with van der Waals surface area (Å²) in [6.45, 7) is 1.77. The smallest absolute Gasteiger partial charge is 0.342 e. The molecule has 3 rings (SSSR count). The normalized spacial score (nSPS) is 13.3. The molecule has 2 N–H and O–H groups in total. The molecule has 0 saturated carbocycles. The van der Waals surface area contributed by atoms with Crippen molar-refractivity contribution in [1.29, 1.82) is 0 Å². The van der Waals surface area contributed by atoms with Crippen molar-refractivity contribution < 1.29 is 13.9 Å². The van der Waals surface area contributed by atoms with Gasteiger partial charge < -0.3 is 10.5 Å². The Morgan fingerprint density at radius 2 is 1.58 bits per heavy atom. The lowest BCUT2D eigenvalue weighted by Crippen LogP contribution is -2.31.